The van der Waals surface area contributed by atoms with Crippen LogP contribution in [-0.2, 0) is 12.8 Å². The van der Waals surface area contributed by atoms with E-state index in [1.165, 1.54) is 18.6 Å². The van der Waals surface area contributed by atoms with E-state index in [1.807, 2.05) is 24.3 Å². The first-order valence-corrected chi connectivity index (χ1v) is 12.3. The van der Waals surface area contributed by atoms with Crippen LogP contribution in [0.15, 0.2) is 48.5 Å². The van der Waals surface area contributed by atoms with Gasteiger partial charge in [0, 0.05) is 38.6 Å². The molecule has 34 heavy (non-hydrogen) atoms. The van der Waals surface area contributed by atoms with Gasteiger partial charge in [0.05, 0.1) is 11.2 Å². The molecule has 1 aliphatic carbocycles. The monoisotopic (exact) mass is 476 g/mol. The van der Waals surface area contributed by atoms with Crippen LogP contribution in [0.3, 0.4) is 0 Å². The summed E-state index contributed by atoms with van der Waals surface area (Å²) in [6.07, 6.45) is 0.627. The Hall–Kier alpha value is -2.09. The molecule has 2 aromatic carbocycles. The van der Waals surface area contributed by atoms with Crippen molar-refractivity contribution in [3.8, 4) is 5.75 Å². The Bertz CT molecular complexity index is 901. The summed E-state index contributed by atoms with van der Waals surface area (Å²) in [5.74, 6) is 0.706. The normalized spacial score (nSPS) is 20.7. The molecule has 4 rings (SSSR count). The van der Waals surface area contributed by atoms with Crippen molar-refractivity contribution in [1.29, 1.82) is 0 Å². The number of hydrogen-bond acceptors (Lipinski definition) is 4. The van der Waals surface area contributed by atoms with Crippen molar-refractivity contribution in [2.75, 3.05) is 39.8 Å². The van der Waals surface area contributed by atoms with Gasteiger partial charge in [-0.15, -0.1) is 0 Å². The van der Waals surface area contributed by atoms with Crippen LogP contribution in [0.1, 0.15) is 54.7 Å². The zero-order chi connectivity index (χ0) is 24.2. The second-order valence-corrected chi connectivity index (χ2v) is 9.87. The van der Waals surface area contributed by atoms with Gasteiger partial charge in [0.15, 0.2) is 0 Å². The third kappa shape index (κ3) is 6.32. The highest BCUT2D eigenvalue weighted by molar-refractivity contribution is 5.32. The number of alkyl halides is 3. The Labute approximate surface area is 200 Å². The summed E-state index contributed by atoms with van der Waals surface area (Å²) in [6.45, 7) is 5.15. The fraction of sp³-hybridized carbons (Fsp3) is 0.556. The smallest absolute Gasteiger partial charge is 0.416 e. The van der Waals surface area contributed by atoms with E-state index in [4.69, 9.17) is 4.74 Å². The molecule has 1 saturated heterocycles. The summed E-state index contributed by atoms with van der Waals surface area (Å²) in [5, 5.41) is 11.6. The summed E-state index contributed by atoms with van der Waals surface area (Å²) >= 11 is 0. The quantitative estimate of drug-likeness (QED) is 0.588. The van der Waals surface area contributed by atoms with Gasteiger partial charge in [0.25, 0.3) is 0 Å². The van der Waals surface area contributed by atoms with Crippen LogP contribution in [0.5, 0.6) is 5.75 Å². The van der Waals surface area contributed by atoms with E-state index in [0.29, 0.717) is 11.3 Å². The van der Waals surface area contributed by atoms with E-state index in [2.05, 4.69) is 16.8 Å². The van der Waals surface area contributed by atoms with E-state index in [9.17, 15) is 18.3 Å². The van der Waals surface area contributed by atoms with Crippen LogP contribution in [0.4, 0.5) is 13.2 Å². The summed E-state index contributed by atoms with van der Waals surface area (Å²) in [4.78, 5) is 4.80. The summed E-state index contributed by atoms with van der Waals surface area (Å²) in [7, 11) is 2.15. The Morgan fingerprint density at radius 2 is 1.53 bits per heavy atom. The highest BCUT2D eigenvalue weighted by Gasteiger charge is 2.39. The number of piperazine rings is 1. The van der Waals surface area contributed by atoms with Crippen LogP contribution in [-0.4, -0.2) is 60.3 Å². The molecule has 1 atom stereocenters. The van der Waals surface area contributed by atoms with Crippen molar-refractivity contribution < 1.29 is 23.0 Å². The number of halogens is 3. The predicted octanol–water partition coefficient (Wildman–Crippen LogP) is 5.31. The van der Waals surface area contributed by atoms with Gasteiger partial charge >= 0.3 is 6.18 Å². The second-order valence-electron chi connectivity index (χ2n) is 9.87. The number of hydrogen-bond donors (Lipinski definition) is 1. The number of rotatable bonds is 7. The van der Waals surface area contributed by atoms with Crippen molar-refractivity contribution in [2.45, 2.75) is 56.4 Å². The van der Waals surface area contributed by atoms with Gasteiger partial charge in [-0.25, -0.2) is 0 Å². The first-order valence-electron chi connectivity index (χ1n) is 12.3. The minimum atomic E-state index is -4.34. The third-order valence-corrected chi connectivity index (χ3v) is 7.37. The average molecular weight is 477 g/mol. The number of ether oxygens (including phenoxy) is 1. The number of likely N-dealkylation sites (N-methyl/N-ethyl adjacent to an activating group) is 1. The molecule has 1 N–H and O–H groups in total. The molecule has 1 unspecified atom stereocenters. The van der Waals surface area contributed by atoms with Gasteiger partial charge in [0.1, 0.15) is 12.4 Å². The van der Waals surface area contributed by atoms with E-state index >= 15 is 0 Å². The average Bonchev–Trinajstić information content (AvgIpc) is 2.83. The van der Waals surface area contributed by atoms with Crippen molar-refractivity contribution in [1.82, 2.24) is 9.80 Å². The van der Waals surface area contributed by atoms with Gasteiger partial charge in [-0.2, -0.15) is 13.2 Å². The topological polar surface area (TPSA) is 35.9 Å². The molecule has 1 saturated carbocycles. The Kier molecular flexibility index (Phi) is 7.85. The first kappa shape index (κ1) is 25.0. The van der Waals surface area contributed by atoms with Gasteiger partial charge < -0.3 is 19.6 Å². The molecule has 0 aromatic heterocycles. The van der Waals surface area contributed by atoms with Gasteiger partial charge in [-0.05, 0) is 55.3 Å². The largest absolute Gasteiger partial charge is 0.489 e. The molecule has 0 spiro atoms. The number of nitrogens with zero attached hydrogens (tertiary/aromatic N) is 2. The molecule has 186 valence electrons. The lowest BCUT2D eigenvalue weighted by Crippen LogP contribution is -2.50. The molecule has 2 fully saturated rings. The molecule has 0 radical (unpaired) electrons. The highest BCUT2D eigenvalue weighted by Crippen LogP contribution is 2.41. The minimum Gasteiger partial charge on any atom is -0.489 e. The van der Waals surface area contributed by atoms with Crippen molar-refractivity contribution >= 4 is 0 Å². The van der Waals surface area contributed by atoms with Crippen LogP contribution in [0.25, 0.3) is 0 Å². The summed E-state index contributed by atoms with van der Waals surface area (Å²) in [6, 6.07) is 12.9. The van der Waals surface area contributed by atoms with E-state index in [0.717, 1.165) is 76.1 Å². The predicted molar refractivity (Wildman–Crippen MR) is 127 cm³/mol. The fourth-order valence-corrected chi connectivity index (χ4v) is 5.14. The molecule has 2 aromatic rings. The Morgan fingerprint density at radius 3 is 2.12 bits per heavy atom. The molecule has 4 nitrogen and oxygen atoms in total. The van der Waals surface area contributed by atoms with Crippen LogP contribution >= 0.6 is 0 Å². The number of aliphatic hydroxyl groups is 1. The van der Waals surface area contributed by atoms with Gasteiger partial charge in [-0.1, -0.05) is 43.5 Å². The highest BCUT2D eigenvalue weighted by atomic mass is 19.4. The SMILES string of the molecule is CN1CCN(CC(c2ccc(OCc3ccc(C(F)(F)F)cc3)cc2)C2(O)CCCCC2)CC1. The zero-order valence-corrected chi connectivity index (χ0v) is 19.9. The van der Waals surface area contributed by atoms with Crippen molar-refractivity contribution in [3.63, 3.8) is 0 Å². The Balaban J connectivity index is 1.43. The molecule has 2 aliphatic rings. The van der Waals surface area contributed by atoms with Gasteiger partial charge in [0.2, 0.25) is 0 Å². The third-order valence-electron chi connectivity index (χ3n) is 7.37. The standard InChI is InChI=1S/C27H35F3N2O2/c1-31-15-17-32(18-16-31)19-25(26(33)13-3-2-4-14-26)22-7-11-24(12-8-22)34-20-21-5-9-23(10-6-21)27(28,29)30/h5-12,25,33H,2-4,13-20H2,1H3. The van der Waals surface area contributed by atoms with Crippen LogP contribution in [0.2, 0.25) is 0 Å². The lowest BCUT2D eigenvalue weighted by atomic mass is 9.72. The molecule has 1 heterocycles. The van der Waals surface area contributed by atoms with Gasteiger partial charge in [-0.3, -0.25) is 0 Å². The lowest BCUT2D eigenvalue weighted by Gasteiger charge is -2.43. The van der Waals surface area contributed by atoms with Crippen molar-refractivity contribution in [2.24, 2.45) is 0 Å². The maximum absolute atomic E-state index is 12.7. The molecule has 0 bridgehead atoms. The Morgan fingerprint density at radius 1 is 0.912 bits per heavy atom. The fourth-order valence-electron chi connectivity index (χ4n) is 5.14. The van der Waals surface area contributed by atoms with E-state index < -0.39 is 17.3 Å². The van der Waals surface area contributed by atoms with Crippen LogP contribution in [0, 0.1) is 0 Å². The van der Waals surface area contributed by atoms with E-state index in [-0.39, 0.29) is 12.5 Å². The lowest BCUT2D eigenvalue weighted by molar-refractivity contribution is -0.137. The summed E-state index contributed by atoms with van der Waals surface area (Å²) < 4.78 is 44.1. The molecule has 1 aliphatic heterocycles. The van der Waals surface area contributed by atoms with E-state index in [1.54, 1.807) is 0 Å². The minimum absolute atomic E-state index is 0.0418. The molecular weight excluding hydrogens is 441 g/mol. The maximum atomic E-state index is 12.7. The van der Waals surface area contributed by atoms with Crippen molar-refractivity contribution in [3.05, 3.63) is 65.2 Å². The number of benzene rings is 2. The second kappa shape index (κ2) is 10.7. The molecule has 7 heteroatoms. The maximum Gasteiger partial charge on any atom is 0.416 e. The summed E-state index contributed by atoms with van der Waals surface area (Å²) in [5.41, 5.74) is 0.448. The molecule has 0 amide bonds. The molecular formula is C27H35F3N2O2. The first-order chi connectivity index (χ1) is 16.2. The van der Waals surface area contributed by atoms with Crippen LogP contribution < -0.4 is 4.74 Å². The zero-order valence-electron chi connectivity index (χ0n) is 19.9.